The molecule has 1 fully saturated rings. The third-order valence-corrected chi connectivity index (χ3v) is 7.19. The number of carbonyl (C=O) groups is 1. The van der Waals surface area contributed by atoms with Crippen LogP contribution in [-0.2, 0) is 21.2 Å². The summed E-state index contributed by atoms with van der Waals surface area (Å²) in [5.74, 6) is 0.798. The Hall–Kier alpha value is -2.38. The van der Waals surface area contributed by atoms with Crippen molar-refractivity contribution in [2.24, 2.45) is 0 Å². The van der Waals surface area contributed by atoms with Crippen LogP contribution in [0.4, 0.5) is 0 Å². The molecule has 0 N–H and O–H groups in total. The molecule has 2 aromatic carbocycles. The second kappa shape index (κ2) is 8.97. The van der Waals surface area contributed by atoms with Crippen molar-refractivity contribution < 1.29 is 17.9 Å². The quantitative estimate of drug-likeness (QED) is 0.726. The molecule has 29 heavy (non-hydrogen) atoms. The van der Waals surface area contributed by atoms with Crippen molar-refractivity contribution in [1.82, 2.24) is 9.21 Å². The summed E-state index contributed by atoms with van der Waals surface area (Å²) >= 11 is 0. The number of aryl methyl sites for hydroxylation is 2. The van der Waals surface area contributed by atoms with Gasteiger partial charge in [0.2, 0.25) is 15.9 Å². The number of amides is 1. The lowest BCUT2D eigenvalue weighted by molar-refractivity contribution is -0.131. The summed E-state index contributed by atoms with van der Waals surface area (Å²) < 4.78 is 32.9. The van der Waals surface area contributed by atoms with Gasteiger partial charge in [0.15, 0.2) is 0 Å². The van der Waals surface area contributed by atoms with E-state index >= 15 is 0 Å². The van der Waals surface area contributed by atoms with Gasteiger partial charge in [0.1, 0.15) is 5.75 Å². The second-order valence-corrected chi connectivity index (χ2v) is 9.21. The van der Waals surface area contributed by atoms with Gasteiger partial charge in [-0.25, -0.2) is 8.42 Å². The zero-order valence-electron chi connectivity index (χ0n) is 17.2. The van der Waals surface area contributed by atoms with Crippen LogP contribution in [0.25, 0.3) is 0 Å². The molecule has 0 radical (unpaired) electrons. The molecule has 1 amide bonds. The van der Waals surface area contributed by atoms with Gasteiger partial charge in [-0.15, -0.1) is 0 Å². The fraction of sp³-hybridized carbons (Fsp3) is 0.409. The van der Waals surface area contributed by atoms with Crippen molar-refractivity contribution in [2.75, 3.05) is 32.8 Å². The molecule has 6 nitrogen and oxygen atoms in total. The number of sulfonamides is 1. The summed E-state index contributed by atoms with van der Waals surface area (Å²) in [6.07, 6.45) is 0.302. The first-order chi connectivity index (χ1) is 13.8. The Morgan fingerprint density at radius 3 is 2.24 bits per heavy atom. The van der Waals surface area contributed by atoms with Gasteiger partial charge >= 0.3 is 0 Å². The fourth-order valence-corrected chi connectivity index (χ4v) is 5.19. The third-order valence-electron chi connectivity index (χ3n) is 5.13. The first-order valence-electron chi connectivity index (χ1n) is 9.88. The van der Waals surface area contributed by atoms with Crippen molar-refractivity contribution in [1.29, 1.82) is 0 Å². The summed E-state index contributed by atoms with van der Waals surface area (Å²) in [5.41, 5.74) is 2.70. The largest absolute Gasteiger partial charge is 0.494 e. The van der Waals surface area contributed by atoms with Crippen LogP contribution in [0.3, 0.4) is 0 Å². The van der Waals surface area contributed by atoms with Gasteiger partial charge in [-0.1, -0.05) is 29.8 Å². The van der Waals surface area contributed by atoms with E-state index in [-0.39, 0.29) is 5.91 Å². The molecule has 0 saturated carbocycles. The number of hydrogen-bond donors (Lipinski definition) is 0. The Bertz CT molecular complexity index is 963. The van der Waals surface area contributed by atoms with Gasteiger partial charge in [-0.3, -0.25) is 4.79 Å². The van der Waals surface area contributed by atoms with Crippen LogP contribution >= 0.6 is 0 Å². The number of nitrogens with zero attached hydrogens (tertiary/aromatic N) is 2. The zero-order valence-corrected chi connectivity index (χ0v) is 18.0. The van der Waals surface area contributed by atoms with Crippen LogP contribution < -0.4 is 4.74 Å². The average molecular weight is 417 g/mol. The van der Waals surface area contributed by atoms with Crippen LogP contribution in [0.15, 0.2) is 47.4 Å². The molecule has 0 bridgehead atoms. The normalized spacial score (nSPS) is 15.3. The van der Waals surface area contributed by atoms with Gasteiger partial charge in [-0.05, 0) is 50.1 Å². The first-order valence-corrected chi connectivity index (χ1v) is 11.3. The molecular formula is C22H28N2O4S. The molecule has 0 atom stereocenters. The Kier molecular flexibility index (Phi) is 6.59. The van der Waals surface area contributed by atoms with Crippen molar-refractivity contribution >= 4 is 15.9 Å². The number of rotatable bonds is 6. The van der Waals surface area contributed by atoms with Gasteiger partial charge in [-0.2, -0.15) is 4.31 Å². The molecule has 1 aliphatic heterocycles. The maximum Gasteiger partial charge on any atom is 0.243 e. The Balaban J connectivity index is 1.60. The van der Waals surface area contributed by atoms with Crippen molar-refractivity contribution in [3.8, 4) is 5.75 Å². The van der Waals surface area contributed by atoms with E-state index in [0.717, 1.165) is 22.4 Å². The minimum absolute atomic E-state index is 0.0118. The lowest BCUT2D eigenvalue weighted by Gasteiger charge is -2.34. The molecule has 0 unspecified atom stereocenters. The van der Waals surface area contributed by atoms with Gasteiger partial charge in [0.25, 0.3) is 0 Å². The van der Waals surface area contributed by atoms with Gasteiger partial charge < -0.3 is 9.64 Å². The standard InChI is InChI=1S/C22H28N2O4S/c1-4-28-20-8-6-19(7-9-20)16-22(25)23-11-13-24(14-12-23)29(26,27)21-10-5-17(2)15-18(21)3/h5-10,15H,4,11-14,16H2,1-3H3. The molecule has 2 aromatic rings. The summed E-state index contributed by atoms with van der Waals surface area (Å²) in [5, 5.41) is 0. The predicted octanol–water partition coefficient (Wildman–Crippen LogP) is 2.78. The molecule has 1 saturated heterocycles. The highest BCUT2D eigenvalue weighted by atomic mass is 32.2. The lowest BCUT2D eigenvalue weighted by Crippen LogP contribution is -2.50. The minimum Gasteiger partial charge on any atom is -0.494 e. The van der Waals surface area contributed by atoms with E-state index in [1.807, 2.05) is 57.2 Å². The second-order valence-electron chi connectivity index (χ2n) is 7.31. The van der Waals surface area contributed by atoms with Crippen LogP contribution in [0.1, 0.15) is 23.6 Å². The van der Waals surface area contributed by atoms with Crippen LogP contribution in [-0.4, -0.2) is 56.3 Å². The first kappa shape index (κ1) is 21.3. The number of piperazine rings is 1. The summed E-state index contributed by atoms with van der Waals surface area (Å²) in [4.78, 5) is 14.7. The molecule has 1 heterocycles. The zero-order chi connectivity index (χ0) is 21.0. The van der Waals surface area contributed by atoms with E-state index in [9.17, 15) is 13.2 Å². The topological polar surface area (TPSA) is 66.9 Å². The molecule has 0 aromatic heterocycles. The number of ether oxygens (including phenoxy) is 1. The minimum atomic E-state index is -3.55. The highest BCUT2D eigenvalue weighted by Gasteiger charge is 2.30. The van der Waals surface area contributed by atoms with Crippen molar-refractivity contribution in [2.45, 2.75) is 32.1 Å². The van der Waals surface area contributed by atoms with E-state index in [2.05, 4.69) is 0 Å². The molecule has 0 aliphatic carbocycles. The number of benzene rings is 2. The average Bonchev–Trinajstić information content (AvgIpc) is 2.69. The van der Waals surface area contributed by atoms with E-state index in [1.54, 1.807) is 11.0 Å². The smallest absolute Gasteiger partial charge is 0.243 e. The SMILES string of the molecule is CCOc1ccc(CC(=O)N2CCN(S(=O)(=O)c3ccc(C)cc3C)CC2)cc1. The van der Waals surface area contributed by atoms with E-state index < -0.39 is 10.0 Å². The van der Waals surface area contributed by atoms with Crippen molar-refractivity contribution in [3.63, 3.8) is 0 Å². The van der Waals surface area contributed by atoms with Crippen molar-refractivity contribution in [3.05, 3.63) is 59.2 Å². The van der Waals surface area contributed by atoms with E-state index in [0.29, 0.717) is 44.1 Å². The number of carbonyl (C=O) groups excluding carboxylic acids is 1. The highest BCUT2D eigenvalue weighted by molar-refractivity contribution is 7.89. The van der Waals surface area contributed by atoms with Crippen LogP contribution in [0, 0.1) is 13.8 Å². The maximum atomic E-state index is 13.0. The predicted molar refractivity (Wildman–Crippen MR) is 113 cm³/mol. The van der Waals surface area contributed by atoms with E-state index in [4.69, 9.17) is 4.74 Å². The van der Waals surface area contributed by atoms with Gasteiger partial charge in [0.05, 0.1) is 17.9 Å². The Morgan fingerprint density at radius 1 is 1.00 bits per heavy atom. The van der Waals surface area contributed by atoms with Gasteiger partial charge in [0, 0.05) is 26.2 Å². The summed E-state index contributed by atoms with van der Waals surface area (Å²) in [6, 6.07) is 12.9. The Labute approximate surface area is 173 Å². The summed E-state index contributed by atoms with van der Waals surface area (Å²) in [7, 11) is -3.55. The highest BCUT2D eigenvalue weighted by Crippen LogP contribution is 2.22. The summed E-state index contributed by atoms with van der Waals surface area (Å²) in [6.45, 7) is 7.72. The monoisotopic (exact) mass is 416 g/mol. The van der Waals surface area contributed by atoms with E-state index in [1.165, 1.54) is 4.31 Å². The molecular weight excluding hydrogens is 388 g/mol. The molecule has 3 rings (SSSR count). The van der Waals surface area contributed by atoms with Crippen LogP contribution in [0.2, 0.25) is 0 Å². The molecule has 7 heteroatoms. The third kappa shape index (κ3) is 4.97. The fourth-order valence-electron chi connectivity index (χ4n) is 3.56. The molecule has 0 spiro atoms. The Morgan fingerprint density at radius 2 is 1.66 bits per heavy atom. The van der Waals surface area contributed by atoms with Crippen LogP contribution in [0.5, 0.6) is 5.75 Å². The molecule has 156 valence electrons. The molecule has 1 aliphatic rings. The maximum absolute atomic E-state index is 13.0. The number of hydrogen-bond acceptors (Lipinski definition) is 4. The lowest BCUT2D eigenvalue weighted by atomic mass is 10.1.